The van der Waals surface area contributed by atoms with Crippen molar-refractivity contribution in [1.82, 2.24) is 15.2 Å². The first-order valence-electron chi connectivity index (χ1n) is 10.3. The number of nitrogens with one attached hydrogen (secondary N) is 1. The molecule has 29 heavy (non-hydrogen) atoms. The van der Waals surface area contributed by atoms with Gasteiger partial charge in [-0.2, -0.15) is 0 Å². The van der Waals surface area contributed by atoms with Crippen molar-refractivity contribution in [2.75, 3.05) is 51.3 Å². The number of anilines is 1. The molecule has 0 saturated carbocycles. The smallest absolute Gasteiger partial charge is 0.194 e. The second-order valence-electron chi connectivity index (χ2n) is 7.32. The SMILES string of the molecule is CN=C(NCc1ccc(N2CCOCC2)nc1)N1CC=C(c2ccccc2)CC1. The van der Waals surface area contributed by atoms with Crippen LogP contribution in [-0.4, -0.2) is 62.3 Å². The van der Waals surface area contributed by atoms with Crippen molar-refractivity contribution in [3.05, 3.63) is 65.9 Å². The van der Waals surface area contributed by atoms with E-state index in [9.17, 15) is 0 Å². The third-order valence-corrected chi connectivity index (χ3v) is 5.46. The number of ether oxygens (including phenoxy) is 1. The van der Waals surface area contributed by atoms with Crippen LogP contribution in [-0.2, 0) is 11.3 Å². The van der Waals surface area contributed by atoms with Crippen LogP contribution < -0.4 is 10.2 Å². The lowest BCUT2D eigenvalue weighted by atomic mass is 10.00. The maximum atomic E-state index is 5.41. The Labute approximate surface area is 172 Å². The van der Waals surface area contributed by atoms with E-state index in [0.29, 0.717) is 0 Å². The molecule has 1 aromatic heterocycles. The maximum absolute atomic E-state index is 5.41. The van der Waals surface area contributed by atoms with E-state index in [2.05, 4.69) is 73.6 Å². The van der Waals surface area contributed by atoms with Crippen molar-refractivity contribution in [1.29, 1.82) is 0 Å². The van der Waals surface area contributed by atoms with E-state index < -0.39 is 0 Å². The van der Waals surface area contributed by atoms with E-state index in [4.69, 9.17) is 4.74 Å². The van der Waals surface area contributed by atoms with E-state index in [1.165, 1.54) is 11.1 Å². The summed E-state index contributed by atoms with van der Waals surface area (Å²) in [6.07, 6.45) is 5.29. The van der Waals surface area contributed by atoms with E-state index in [-0.39, 0.29) is 0 Å². The van der Waals surface area contributed by atoms with Crippen LogP contribution in [0.1, 0.15) is 17.5 Å². The van der Waals surface area contributed by atoms with Crippen molar-refractivity contribution in [3.8, 4) is 0 Å². The van der Waals surface area contributed by atoms with Gasteiger partial charge in [0.25, 0.3) is 0 Å². The zero-order valence-electron chi connectivity index (χ0n) is 17.1. The molecule has 0 bridgehead atoms. The number of rotatable bonds is 4. The Kier molecular flexibility index (Phi) is 6.42. The third kappa shape index (κ3) is 4.95. The summed E-state index contributed by atoms with van der Waals surface area (Å²) in [7, 11) is 1.85. The average molecular weight is 392 g/mol. The van der Waals surface area contributed by atoms with Gasteiger partial charge in [-0.1, -0.05) is 42.5 Å². The fourth-order valence-electron chi connectivity index (χ4n) is 3.79. The molecule has 0 amide bonds. The van der Waals surface area contributed by atoms with Crippen molar-refractivity contribution in [3.63, 3.8) is 0 Å². The molecule has 2 aromatic rings. The van der Waals surface area contributed by atoms with Gasteiger partial charge in [-0.3, -0.25) is 4.99 Å². The fourth-order valence-corrected chi connectivity index (χ4v) is 3.79. The summed E-state index contributed by atoms with van der Waals surface area (Å²) in [5, 5.41) is 3.48. The van der Waals surface area contributed by atoms with Gasteiger partial charge in [-0.05, 0) is 29.2 Å². The number of aliphatic imine (C=N–C) groups is 1. The Morgan fingerprint density at radius 3 is 2.59 bits per heavy atom. The molecular weight excluding hydrogens is 362 g/mol. The number of hydrogen-bond acceptors (Lipinski definition) is 4. The topological polar surface area (TPSA) is 53.0 Å². The monoisotopic (exact) mass is 391 g/mol. The minimum atomic E-state index is 0.717. The number of guanidine groups is 1. The molecule has 2 aliphatic heterocycles. The Morgan fingerprint density at radius 2 is 1.93 bits per heavy atom. The van der Waals surface area contributed by atoms with Gasteiger partial charge in [0.2, 0.25) is 0 Å². The fraction of sp³-hybridized carbons (Fsp3) is 0.391. The second kappa shape index (κ2) is 9.56. The highest BCUT2D eigenvalue weighted by Gasteiger charge is 2.16. The molecule has 152 valence electrons. The first kappa shape index (κ1) is 19.5. The van der Waals surface area contributed by atoms with Crippen LogP contribution in [0, 0.1) is 0 Å². The van der Waals surface area contributed by atoms with Crippen molar-refractivity contribution in [2.45, 2.75) is 13.0 Å². The van der Waals surface area contributed by atoms with Gasteiger partial charge >= 0.3 is 0 Å². The summed E-state index contributed by atoms with van der Waals surface area (Å²) in [5.74, 6) is 1.96. The van der Waals surface area contributed by atoms with Gasteiger partial charge in [0.15, 0.2) is 5.96 Å². The average Bonchev–Trinajstić information content (AvgIpc) is 2.81. The Balaban J connectivity index is 1.31. The van der Waals surface area contributed by atoms with Crippen LogP contribution in [0.4, 0.5) is 5.82 Å². The Morgan fingerprint density at radius 1 is 1.10 bits per heavy atom. The van der Waals surface area contributed by atoms with Crippen LogP contribution in [0.25, 0.3) is 5.57 Å². The zero-order valence-corrected chi connectivity index (χ0v) is 17.1. The molecule has 6 heteroatoms. The lowest BCUT2D eigenvalue weighted by Crippen LogP contribution is -2.43. The molecule has 1 N–H and O–H groups in total. The molecule has 0 radical (unpaired) electrons. The predicted octanol–water partition coefficient (Wildman–Crippen LogP) is 2.78. The van der Waals surface area contributed by atoms with Crippen LogP contribution in [0.5, 0.6) is 0 Å². The van der Waals surface area contributed by atoms with Crippen LogP contribution in [0.15, 0.2) is 59.7 Å². The number of nitrogens with zero attached hydrogens (tertiary/aromatic N) is 4. The minimum absolute atomic E-state index is 0.717. The molecule has 2 aliphatic rings. The molecule has 6 nitrogen and oxygen atoms in total. The van der Waals surface area contributed by atoms with Crippen LogP contribution in [0.2, 0.25) is 0 Å². The van der Waals surface area contributed by atoms with Gasteiger partial charge in [0, 0.05) is 46.0 Å². The van der Waals surface area contributed by atoms with Gasteiger partial charge in [-0.25, -0.2) is 4.98 Å². The summed E-state index contributed by atoms with van der Waals surface area (Å²) in [4.78, 5) is 13.7. The van der Waals surface area contributed by atoms with Crippen LogP contribution in [0.3, 0.4) is 0 Å². The van der Waals surface area contributed by atoms with Gasteiger partial charge in [0.05, 0.1) is 13.2 Å². The second-order valence-corrected chi connectivity index (χ2v) is 7.32. The maximum Gasteiger partial charge on any atom is 0.194 e. The number of hydrogen-bond donors (Lipinski definition) is 1. The molecule has 1 aromatic carbocycles. The van der Waals surface area contributed by atoms with Gasteiger partial charge in [0.1, 0.15) is 5.82 Å². The summed E-state index contributed by atoms with van der Waals surface area (Å²) in [5.41, 5.74) is 3.89. The van der Waals surface area contributed by atoms with Gasteiger partial charge in [-0.15, -0.1) is 0 Å². The Bertz CT molecular complexity index is 841. The molecule has 4 rings (SSSR count). The van der Waals surface area contributed by atoms with Crippen LogP contribution >= 0.6 is 0 Å². The molecule has 3 heterocycles. The molecule has 1 saturated heterocycles. The number of benzene rings is 1. The molecule has 0 aliphatic carbocycles. The Hall–Kier alpha value is -2.86. The number of aromatic nitrogens is 1. The highest BCUT2D eigenvalue weighted by Crippen LogP contribution is 2.22. The lowest BCUT2D eigenvalue weighted by Gasteiger charge is -2.30. The highest BCUT2D eigenvalue weighted by molar-refractivity contribution is 5.81. The van der Waals surface area contributed by atoms with E-state index in [1.807, 2.05) is 13.2 Å². The van der Waals surface area contributed by atoms with E-state index >= 15 is 0 Å². The number of pyridine rings is 1. The molecular formula is C23H29N5O. The summed E-state index contributed by atoms with van der Waals surface area (Å²) < 4.78 is 5.41. The van der Waals surface area contributed by atoms with Crippen molar-refractivity contribution in [2.24, 2.45) is 4.99 Å². The normalized spacial score (nSPS) is 17.8. The van der Waals surface area contributed by atoms with Crippen molar-refractivity contribution < 1.29 is 4.74 Å². The quantitative estimate of drug-likeness (QED) is 0.642. The summed E-state index contributed by atoms with van der Waals surface area (Å²) in [6.45, 7) is 5.92. The predicted molar refractivity (Wildman–Crippen MR) is 118 cm³/mol. The number of morpholine rings is 1. The first-order valence-corrected chi connectivity index (χ1v) is 10.3. The zero-order chi connectivity index (χ0) is 19.9. The van der Waals surface area contributed by atoms with E-state index in [1.54, 1.807) is 0 Å². The lowest BCUT2D eigenvalue weighted by molar-refractivity contribution is 0.122. The highest BCUT2D eigenvalue weighted by atomic mass is 16.5. The molecule has 1 fully saturated rings. The minimum Gasteiger partial charge on any atom is -0.378 e. The molecule has 0 unspecified atom stereocenters. The standard InChI is InChI=1S/C23H29N5O/c1-24-23(28-11-9-21(10-12-28)20-5-3-2-4-6-20)26-18-19-7-8-22(25-17-19)27-13-15-29-16-14-27/h2-9,17H,10-16,18H2,1H3,(H,24,26). The third-order valence-electron chi connectivity index (χ3n) is 5.46. The van der Waals surface area contributed by atoms with Crippen molar-refractivity contribution >= 4 is 17.4 Å². The van der Waals surface area contributed by atoms with E-state index in [0.717, 1.165) is 69.7 Å². The first-order chi connectivity index (χ1) is 14.3. The summed E-state index contributed by atoms with van der Waals surface area (Å²) in [6, 6.07) is 14.9. The summed E-state index contributed by atoms with van der Waals surface area (Å²) >= 11 is 0. The molecule has 0 atom stereocenters. The largest absolute Gasteiger partial charge is 0.378 e. The van der Waals surface area contributed by atoms with Gasteiger partial charge < -0.3 is 19.9 Å². The molecule has 0 spiro atoms.